The Morgan fingerprint density at radius 3 is 2.95 bits per heavy atom. The van der Waals surface area contributed by atoms with Crippen molar-refractivity contribution >= 4 is 27.5 Å². The fraction of sp³-hybridized carbons (Fsp3) is 0.231. The number of halogens is 1. The summed E-state index contributed by atoms with van der Waals surface area (Å²) in [6.07, 6.45) is 4.16. The Bertz CT molecular complexity index is 568. The molecule has 1 aromatic heterocycles. The van der Waals surface area contributed by atoms with E-state index in [0.29, 0.717) is 11.3 Å². The van der Waals surface area contributed by atoms with Gasteiger partial charge in [0, 0.05) is 28.1 Å². The molecule has 4 N–H and O–H groups in total. The number of aromatic amines is 1. The summed E-state index contributed by atoms with van der Waals surface area (Å²) in [4.78, 5) is 19.3. The van der Waals surface area contributed by atoms with Crippen molar-refractivity contribution in [2.24, 2.45) is 0 Å². The minimum absolute atomic E-state index is 0.132. The van der Waals surface area contributed by atoms with E-state index in [0.717, 1.165) is 16.7 Å². The van der Waals surface area contributed by atoms with Crippen molar-refractivity contribution in [1.82, 2.24) is 15.3 Å². The fourth-order valence-corrected chi connectivity index (χ4v) is 2.01. The first-order valence-electron chi connectivity index (χ1n) is 5.97. The molecule has 0 fully saturated rings. The van der Waals surface area contributed by atoms with E-state index in [1.165, 1.54) is 0 Å². The Morgan fingerprint density at radius 1 is 1.58 bits per heavy atom. The lowest BCUT2D eigenvalue weighted by Gasteiger charge is -2.15. The first-order chi connectivity index (χ1) is 9.11. The number of H-pyrrole nitrogens is 1. The van der Waals surface area contributed by atoms with Gasteiger partial charge in [0.2, 0.25) is 0 Å². The zero-order valence-corrected chi connectivity index (χ0v) is 12.1. The van der Waals surface area contributed by atoms with E-state index < -0.39 is 0 Å². The first-order valence-corrected chi connectivity index (χ1v) is 6.76. The third-order valence-electron chi connectivity index (χ3n) is 2.82. The van der Waals surface area contributed by atoms with Gasteiger partial charge in [-0.05, 0) is 40.5 Å². The number of aromatic nitrogens is 2. The highest BCUT2D eigenvalue weighted by Gasteiger charge is 2.16. The van der Waals surface area contributed by atoms with Crippen LogP contribution in [0.1, 0.15) is 35.6 Å². The molecule has 0 aliphatic heterocycles. The summed E-state index contributed by atoms with van der Waals surface area (Å²) in [6.45, 7) is 1.99. The maximum atomic E-state index is 12.1. The second-order valence-corrected chi connectivity index (χ2v) is 5.00. The van der Waals surface area contributed by atoms with Gasteiger partial charge in [-0.3, -0.25) is 4.79 Å². The summed E-state index contributed by atoms with van der Waals surface area (Å²) in [5.74, 6) is 0.586. The van der Waals surface area contributed by atoms with E-state index in [1.54, 1.807) is 30.6 Å². The van der Waals surface area contributed by atoms with Crippen molar-refractivity contribution in [3.05, 3.63) is 46.5 Å². The third kappa shape index (κ3) is 3.14. The molecule has 100 valence electrons. The molecule has 19 heavy (non-hydrogen) atoms. The molecular formula is C13H15BrN4O. The van der Waals surface area contributed by atoms with Crippen molar-refractivity contribution in [3.63, 3.8) is 0 Å². The van der Waals surface area contributed by atoms with Crippen LogP contribution in [0, 0.1) is 0 Å². The predicted octanol–water partition coefficient (Wildman–Crippen LogP) is 2.64. The number of carbonyl (C=O) groups excluding carboxylic acids is 1. The predicted molar refractivity (Wildman–Crippen MR) is 77.6 cm³/mol. The van der Waals surface area contributed by atoms with Gasteiger partial charge in [0.15, 0.2) is 0 Å². The number of imidazole rings is 1. The SMILES string of the molecule is CCC(NC(=O)c1ccc(Br)c(N)c1)c1ncc[nH]1. The average Bonchev–Trinajstić information content (AvgIpc) is 2.92. The number of rotatable bonds is 4. The normalized spacial score (nSPS) is 12.1. The Morgan fingerprint density at radius 2 is 2.37 bits per heavy atom. The number of hydrogen-bond acceptors (Lipinski definition) is 3. The van der Waals surface area contributed by atoms with E-state index >= 15 is 0 Å². The monoisotopic (exact) mass is 322 g/mol. The molecule has 0 aliphatic rings. The number of nitrogens with one attached hydrogen (secondary N) is 2. The third-order valence-corrected chi connectivity index (χ3v) is 3.54. The van der Waals surface area contributed by atoms with E-state index in [-0.39, 0.29) is 11.9 Å². The Kier molecular flexibility index (Phi) is 4.21. The molecule has 1 heterocycles. The van der Waals surface area contributed by atoms with E-state index in [1.807, 2.05) is 6.92 Å². The quantitative estimate of drug-likeness (QED) is 0.756. The molecule has 2 aromatic rings. The van der Waals surface area contributed by atoms with Crippen LogP contribution in [0.5, 0.6) is 0 Å². The number of amides is 1. The van der Waals surface area contributed by atoms with E-state index in [4.69, 9.17) is 5.73 Å². The molecule has 0 spiro atoms. The van der Waals surface area contributed by atoms with Crippen LogP contribution >= 0.6 is 15.9 Å². The topological polar surface area (TPSA) is 83.8 Å². The smallest absolute Gasteiger partial charge is 0.251 e. The first kappa shape index (κ1) is 13.6. The van der Waals surface area contributed by atoms with Gasteiger partial charge in [0.25, 0.3) is 5.91 Å². The van der Waals surface area contributed by atoms with Crippen LogP contribution in [0.4, 0.5) is 5.69 Å². The summed E-state index contributed by atoms with van der Waals surface area (Å²) in [7, 11) is 0. The average molecular weight is 323 g/mol. The zero-order chi connectivity index (χ0) is 13.8. The second-order valence-electron chi connectivity index (χ2n) is 4.15. The van der Waals surface area contributed by atoms with Crippen molar-refractivity contribution < 1.29 is 4.79 Å². The molecule has 6 heteroatoms. The van der Waals surface area contributed by atoms with Crippen molar-refractivity contribution in [2.45, 2.75) is 19.4 Å². The molecule has 1 unspecified atom stereocenters. The highest BCUT2D eigenvalue weighted by molar-refractivity contribution is 9.10. The van der Waals surface area contributed by atoms with Crippen LogP contribution < -0.4 is 11.1 Å². The molecule has 0 radical (unpaired) electrons. The van der Waals surface area contributed by atoms with Crippen LogP contribution in [0.2, 0.25) is 0 Å². The van der Waals surface area contributed by atoms with Crippen molar-refractivity contribution in [1.29, 1.82) is 0 Å². The van der Waals surface area contributed by atoms with Crippen molar-refractivity contribution in [2.75, 3.05) is 5.73 Å². The summed E-state index contributed by atoms with van der Waals surface area (Å²) >= 11 is 3.30. The maximum Gasteiger partial charge on any atom is 0.251 e. The highest BCUT2D eigenvalue weighted by Crippen LogP contribution is 2.21. The lowest BCUT2D eigenvalue weighted by molar-refractivity contribution is 0.0934. The van der Waals surface area contributed by atoms with Crippen molar-refractivity contribution in [3.8, 4) is 0 Å². The number of nitrogens with two attached hydrogens (primary N) is 1. The van der Waals surface area contributed by atoms with Gasteiger partial charge in [-0.15, -0.1) is 0 Å². The number of carbonyl (C=O) groups is 1. The Labute approximate surface area is 119 Å². The lowest BCUT2D eigenvalue weighted by Crippen LogP contribution is -2.28. The number of benzene rings is 1. The molecule has 0 bridgehead atoms. The van der Waals surface area contributed by atoms with Gasteiger partial charge in [-0.1, -0.05) is 6.92 Å². The molecule has 0 aliphatic carbocycles. The minimum atomic E-state index is -0.164. The minimum Gasteiger partial charge on any atom is -0.398 e. The highest BCUT2D eigenvalue weighted by atomic mass is 79.9. The maximum absolute atomic E-state index is 12.1. The van der Waals surface area contributed by atoms with Crippen LogP contribution in [0.15, 0.2) is 35.1 Å². The number of hydrogen-bond donors (Lipinski definition) is 3. The summed E-state index contributed by atoms with van der Waals surface area (Å²) in [5, 5.41) is 2.93. The number of anilines is 1. The molecule has 5 nitrogen and oxygen atoms in total. The van der Waals surface area contributed by atoms with Crippen LogP contribution in [-0.2, 0) is 0 Å². The molecule has 1 amide bonds. The van der Waals surface area contributed by atoms with Gasteiger partial charge in [-0.25, -0.2) is 4.98 Å². The van der Waals surface area contributed by atoms with Crippen LogP contribution in [0.25, 0.3) is 0 Å². The standard InChI is InChI=1S/C13H15BrN4O/c1-2-11(12-16-5-6-17-12)18-13(19)8-3-4-9(14)10(15)7-8/h3-7,11H,2,15H2,1H3,(H,16,17)(H,18,19). The molecule has 2 rings (SSSR count). The van der Waals surface area contributed by atoms with Gasteiger partial charge in [0.1, 0.15) is 5.82 Å². The fourth-order valence-electron chi connectivity index (χ4n) is 1.76. The van der Waals surface area contributed by atoms with Gasteiger partial charge in [-0.2, -0.15) is 0 Å². The Hall–Kier alpha value is -1.82. The summed E-state index contributed by atoms with van der Waals surface area (Å²) < 4.78 is 0.780. The van der Waals surface area contributed by atoms with Crippen LogP contribution in [0.3, 0.4) is 0 Å². The lowest BCUT2D eigenvalue weighted by atomic mass is 10.1. The van der Waals surface area contributed by atoms with Crippen LogP contribution in [-0.4, -0.2) is 15.9 Å². The molecule has 0 saturated heterocycles. The largest absolute Gasteiger partial charge is 0.398 e. The van der Waals surface area contributed by atoms with Gasteiger partial charge in [0.05, 0.1) is 6.04 Å². The number of nitrogens with zero attached hydrogens (tertiary/aromatic N) is 1. The van der Waals surface area contributed by atoms with Gasteiger partial charge < -0.3 is 16.0 Å². The van der Waals surface area contributed by atoms with Gasteiger partial charge >= 0.3 is 0 Å². The molecule has 0 saturated carbocycles. The molecule has 1 aromatic carbocycles. The van der Waals surface area contributed by atoms with E-state index in [2.05, 4.69) is 31.2 Å². The summed E-state index contributed by atoms with van der Waals surface area (Å²) in [6, 6.07) is 5.00. The summed E-state index contributed by atoms with van der Waals surface area (Å²) in [5.41, 5.74) is 6.84. The van der Waals surface area contributed by atoms with E-state index in [9.17, 15) is 4.79 Å². The zero-order valence-electron chi connectivity index (χ0n) is 10.5. The number of nitrogen functional groups attached to an aromatic ring is 1. The molecule has 1 atom stereocenters. The molecular weight excluding hydrogens is 308 g/mol. The second kappa shape index (κ2) is 5.88. The Balaban J connectivity index is 2.13.